The van der Waals surface area contributed by atoms with Crippen molar-refractivity contribution in [1.82, 2.24) is 4.98 Å². The molecular formula is C6H6ClN3OS2. The highest BCUT2D eigenvalue weighted by molar-refractivity contribution is 7.78. The van der Waals surface area contributed by atoms with Crippen molar-refractivity contribution >= 4 is 33.9 Å². The lowest BCUT2D eigenvalue weighted by Gasteiger charge is -2.04. The Bertz CT molecular complexity index is 377. The monoisotopic (exact) mass is 235 g/mol. The molecule has 0 amide bonds. The van der Waals surface area contributed by atoms with Crippen molar-refractivity contribution in [3.05, 3.63) is 15.5 Å². The van der Waals surface area contributed by atoms with Crippen molar-refractivity contribution in [3.8, 4) is 6.19 Å². The van der Waals surface area contributed by atoms with E-state index in [0.717, 1.165) is 3.95 Å². The molecule has 0 aliphatic carbocycles. The zero-order valence-electron chi connectivity index (χ0n) is 6.73. The molecule has 0 spiro atoms. The Balaban J connectivity index is 2.81. The first-order valence-corrected chi connectivity index (χ1v) is 6.01. The molecule has 0 aromatic carbocycles. The molecule has 1 unspecified atom stereocenters. The van der Waals surface area contributed by atoms with Crippen molar-refractivity contribution in [2.45, 2.75) is 6.54 Å². The fourth-order valence-electron chi connectivity index (χ4n) is 0.686. The molecule has 0 fully saturated rings. The van der Waals surface area contributed by atoms with Gasteiger partial charge in [-0.25, -0.2) is 4.98 Å². The summed E-state index contributed by atoms with van der Waals surface area (Å²) in [4.78, 5) is 3.94. The second-order valence-electron chi connectivity index (χ2n) is 2.15. The lowest BCUT2D eigenvalue weighted by molar-refractivity contribution is -0.434. The van der Waals surface area contributed by atoms with E-state index in [1.807, 2.05) is 6.19 Å². The average molecular weight is 236 g/mol. The van der Waals surface area contributed by atoms with Gasteiger partial charge in [0.1, 0.15) is 6.54 Å². The molecule has 0 N–H and O–H groups in total. The van der Waals surface area contributed by atoms with Crippen molar-refractivity contribution in [2.75, 3.05) is 6.26 Å². The fraction of sp³-hybridized carbons (Fsp3) is 0.333. The first-order chi connectivity index (χ1) is 6.13. The highest BCUT2D eigenvalue weighted by atomic mass is 35.5. The Morgan fingerprint density at radius 1 is 1.92 bits per heavy atom. The van der Waals surface area contributed by atoms with Gasteiger partial charge in [0.05, 0.1) is 5.69 Å². The second kappa shape index (κ2) is 4.67. The fourth-order valence-corrected chi connectivity index (χ4v) is 1.89. The van der Waals surface area contributed by atoms with Gasteiger partial charge in [0.15, 0.2) is 9.73 Å². The summed E-state index contributed by atoms with van der Waals surface area (Å²) < 4.78 is 12.5. The Morgan fingerprint density at radius 3 is 3.00 bits per heavy atom. The lowest BCUT2D eigenvalue weighted by Crippen LogP contribution is -2.09. The normalized spacial score (nSPS) is 13.5. The molecule has 7 heteroatoms. The Hall–Kier alpha value is -0.480. The van der Waals surface area contributed by atoms with Gasteiger partial charge in [0.2, 0.25) is 0 Å². The molecule has 1 atom stereocenters. The van der Waals surface area contributed by atoms with Crippen LogP contribution in [0.2, 0.25) is 4.47 Å². The molecule has 0 aliphatic heterocycles. The van der Waals surface area contributed by atoms with E-state index in [4.69, 9.17) is 16.9 Å². The van der Waals surface area contributed by atoms with Gasteiger partial charge < -0.3 is 4.55 Å². The summed E-state index contributed by atoms with van der Waals surface area (Å²) in [5, 5.41) is 10.3. The second-order valence-corrected chi connectivity index (χ2v) is 4.88. The van der Waals surface area contributed by atoms with E-state index in [9.17, 15) is 4.55 Å². The molecule has 1 aromatic heterocycles. The van der Waals surface area contributed by atoms with Gasteiger partial charge in [-0.15, -0.1) is 22.3 Å². The van der Waals surface area contributed by atoms with Gasteiger partial charge in [-0.1, -0.05) is 11.6 Å². The first-order valence-electron chi connectivity index (χ1n) is 3.24. The molecule has 1 aromatic rings. The minimum absolute atomic E-state index is 0.239. The molecule has 0 saturated heterocycles. The Kier molecular flexibility index (Phi) is 3.81. The first kappa shape index (κ1) is 10.6. The van der Waals surface area contributed by atoms with Crippen LogP contribution in [0, 0.1) is 11.5 Å². The molecule has 0 saturated carbocycles. The predicted octanol–water partition coefficient (Wildman–Crippen LogP) is 1.35. The summed E-state index contributed by atoms with van der Waals surface area (Å²) in [6.07, 6.45) is 3.26. The van der Waals surface area contributed by atoms with E-state index < -0.39 is 11.0 Å². The van der Waals surface area contributed by atoms with E-state index in [-0.39, 0.29) is 6.54 Å². The molecule has 0 aliphatic rings. The highest BCUT2D eigenvalue weighted by Crippen LogP contribution is 2.15. The molecule has 1 rings (SSSR count). The minimum Gasteiger partial charge on any atom is -0.772 e. The Labute approximate surface area is 87.3 Å². The zero-order chi connectivity index (χ0) is 9.84. The van der Waals surface area contributed by atoms with Gasteiger partial charge in [0.25, 0.3) is 0 Å². The summed E-state index contributed by atoms with van der Waals surface area (Å²) >= 11 is 6.88. The lowest BCUT2D eigenvalue weighted by atomic mass is 10.5. The third kappa shape index (κ3) is 3.04. The minimum atomic E-state index is -1.30. The third-order valence-corrected chi connectivity index (χ3v) is 3.11. The van der Waals surface area contributed by atoms with Crippen LogP contribution in [0.5, 0.6) is 0 Å². The topological polar surface area (TPSA) is 62.8 Å². The average Bonchev–Trinajstić information content (AvgIpc) is 2.46. The Morgan fingerprint density at radius 2 is 2.62 bits per heavy atom. The summed E-state index contributed by atoms with van der Waals surface area (Å²) in [5.74, 6) is 0. The van der Waals surface area contributed by atoms with Crippen molar-refractivity contribution < 1.29 is 8.50 Å². The third-order valence-electron chi connectivity index (χ3n) is 1.25. The number of hydrogen-bond donors (Lipinski definition) is 0. The van der Waals surface area contributed by atoms with Crippen LogP contribution in [-0.4, -0.2) is 19.7 Å². The quantitative estimate of drug-likeness (QED) is 0.442. The van der Waals surface area contributed by atoms with Gasteiger partial charge in [-0.05, 0) is 6.26 Å². The number of thiazole rings is 1. The zero-order valence-corrected chi connectivity index (χ0v) is 9.12. The molecule has 13 heavy (non-hydrogen) atoms. The molecule has 0 radical (unpaired) electrons. The number of hydrogen-bond acceptors (Lipinski definition) is 4. The highest BCUT2D eigenvalue weighted by Gasteiger charge is 2.05. The van der Waals surface area contributed by atoms with Crippen LogP contribution in [0.4, 0.5) is 0 Å². The molecule has 4 nitrogen and oxygen atoms in total. The standard InChI is InChI=1S/C6H6ClN3OS2/c1-13(11)10(4-8)2-5-3-12-6(7)9-5/h3H,2H2,1H3. The van der Waals surface area contributed by atoms with Crippen LogP contribution in [0.15, 0.2) is 5.38 Å². The maximum absolute atomic E-state index is 10.9. The van der Waals surface area contributed by atoms with Crippen molar-refractivity contribution in [1.29, 1.82) is 5.26 Å². The summed E-state index contributed by atoms with van der Waals surface area (Å²) in [7, 11) is -1.30. The predicted molar refractivity (Wildman–Crippen MR) is 50.8 cm³/mol. The van der Waals surface area contributed by atoms with Crippen molar-refractivity contribution in [3.63, 3.8) is 0 Å². The van der Waals surface area contributed by atoms with Gasteiger partial charge in [-0.3, -0.25) is 0 Å². The van der Waals surface area contributed by atoms with Crippen molar-refractivity contribution in [2.24, 2.45) is 0 Å². The van der Waals surface area contributed by atoms with Gasteiger partial charge >= 0.3 is 6.19 Å². The number of nitriles is 1. The van der Waals surface area contributed by atoms with E-state index in [0.29, 0.717) is 10.2 Å². The van der Waals surface area contributed by atoms with E-state index in [1.54, 1.807) is 5.38 Å². The van der Waals surface area contributed by atoms with Crippen LogP contribution in [0.3, 0.4) is 0 Å². The van der Waals surface area contributed by atoms with Crippen LogP contribution in [0.1, 0.15) is 5.69 Å². The van der Waals surface area contributed by atoms with Crippen LogP contribution >= 0.6 is 22.9 Å². The number of halogens is 1. The largest absolute Gasteiger partial charge is 0.772 e. The van der Waals surface area contributed by atoms with E-state index in [2.05, 4.69) is 4.98 Å². The number of rotatable bonds is 2. The SMILES string of the molecule is CS([O-])=[N+](C#N)Cc1csc(Cl)n1. The maximum Gasteiger partial charge on any atom is 0.464 e. The summed E-state index contributed by atoms with van der Waals surface area (Å²) in [6, 6.07) is 0. The smallest absolute Gasteiger partial charge is 0.464 e. The van der Waals surface area contributed by atoms with Gasteiger partial charge in [0, 0.05) is 5.38 Å². The summed E-state index contributed by atoms with van der Waals surface area (Å²) in [5.41, 5.74) is 0.659. The van der Waals surface area contributed by atoms with E-state index in [1.165, 1.54) is 17.6 Å². The van der Waals surface area contributed by atoms with E-state index >= 15 is 0 Å². The molecule has 70 valence electrons. The van der Waals surface area contributed by atoms with Crippen LogP contribution < -0.4 is 0 Å². The molecular weight excluding hydrogens is 230 g/mol. The maximum atomic E-state index is 10.9. The summed E-state index contributed by atoms with van der Waals surface area (Å²) in [6.45, 7) is 0.239. The molecule has 1 heterocycles. The van der Waals surface area contributed by atoms with Crippen LogP contribution in [-0.2, 0) is 17.5 Å². The van der Waals surface area contributed by atoms with Gasteiger partial charge in [-0.2, -0.15) is 3.95 Å². The number of aromatic nitrogens is 1. The van der Waals surface area contributed by atoms with Crippen LogP contribution in [0.25, 0.3) is 0 Å². The molecule has 0 bridgehead atoms. The number of nitrogens with zero attached hydrogens (tertiary/aromatic N) is 3.